The highest BCUT2D eigenvalue weighted by atomic mass is 32.1. The standard InChI is InChI=1S/C11H17NO2S/c1-11(12,10(13)14)6-8-2-4-9(7-15)5-3-8/h2,4-5,8,15H,3,6-7,12H2,1H3,(H,13,14). The number of thiol groups is 1. The fourth-order valence-corrected chi connectivity index (χ4v) is 1.84. The van der Waals surface area contributed by atoms with Crippen molar-refractivity contribution in [2.45, 2.75) is 25.3 Å². The number of carboxylic acids is 1. The molecule has 1 aliphatic rings. The minimum absolute atomic E-state index is 0.222. The van der Waals surface area contributed by atoms with Gasteiger partial charge < -0.3 is 10.8 Å². The van der Waals surface area contributed by atoms with Crippen LogP contribution in [-0.4, -0.2) is 22.4 Å². The minimum Gasteiger partial charge on any atom is -0.480 e. The van der Waals surface area contributed by atoms with E-state index < -0.39 is 11.5 Å². The molecule has 0 spiro atoms. The van der Waals surface area contributed by atoms with Crippen molar-refractivity contribution in [1.82, 2.24) is 0 Å². The van der Waals surface area contributed by atoms with Crippen molar-refractivity contribution in [2.75, 3.05) is 5.75 Å². The Balaban J connectivity index is 2.54. The lowest BCUT2D eigenvalue weighted by atomic mass is 9.85. The first-order chi connectivity index (χ1) is 6.95. The second kappa shape index (κ2) is 4.86. The van der Waals surface area contributed by atoms with Crippen molar-refractivity contribution in [1.29, 1.82) is 0 Å². The van der Waals surface area contributed by atoms with Crippen LogP contribution < -0.4 is 5.73 Å². The lowest BCUT2D eigenvalue weighted by Gasteiger charge is -2.25. The van der Waals surface area contributed by atoms with Crippen LogP contribution >= 0.6 is 12.6 Å². The predicted molar refractivity (Wildman–Crippen MR) is 64.0 cm³/mol. The van der Waals surface area contributed by atoms with Gasteiger partial charge in [0.25, 0.3) is 0 Å². The van der Waals surface area contributed by atoms with Crippen LogP contribution in [0.15, 0.2) is 23.8 Å². The molecule has 3 nitrogen and oxygen atoms in total. The largest absolute Gasteiger partial charge is 0.480 e. The summed E-state index contributed by atoms with van der Waals surface area (Å²) in [6.07, 6.45) is 7.44. The van der Waals surface area contributed by atoms with Crippen molar-refractivity contribution < 1.29 is 9.90 Å². The van der Waals surface area contributed by atoms with Crippen LogP contribution in [-0.2, 0) is 4.79 Å². The van der Waals surface area contributed by atoms with Crippen LogP contribution in [0.2, 0.25) is 0 Å². The zero-order valence-electron chi connectivity index (χ0n) is 8.81. The Morgan fingerprint density at radius 2 is 2.47 bits per heavy atom. The fraction of sp³-hybridized carbons (Fsp3) is 0.545. The second-order valence-corrected chi connectivity index (χ2v) is 4.54. The van der Waals surface area contributed by atoms with E-state index >= 15 is 0 Å². The Morgan fingerprint density at radius 1 is 1.80 bits per heavy atom. The average molecular weight is 227 g/mol. The summed E-state index contributed by atoms with van der Waals surface area (Å²) in [7, 11) is 0. The molecule has 0 bridgehead atoms. The maximum atomic E-state index is 10.8. The van der Waals surface area contributed by atoms with Gasteiger partial charge in [0, 0.05) is 5.75 Å². The van der Waals surface area contributed by atoms with Crippen LogP contribution in [0.1, 0.15) is 19.8 Å². The van der Waals surface area contributed by atoms with Gasteiger partial charge in [-0.3, -0.25) is 4.79 Å². The molecule has 0 aromatic rings. The molecule has 4 heteroatoms. The summed E-state index contributed by atoms with van der Waals surface area (Å²) in [4.78, 5) is 10.8. The maximum Gasteiger partial charge on any atom is 0.323 e. The fourth-order valence-electron chi connectivity index (χ4n) is 1.61. The Morgan fingerprint density at radius 3 is 2.87 bits per heavy atom. The average Bonchev–Trinajstić information content (AvgIpc) is 2.18. The number of carbonyl (C=O) groups is 1. The molecule has 0 aromatic carbocycles. The lowest BCUT2D eigenvalue weighted by molar-refractivity contribution is -0.143. The highest BCUT2D eigenvalue weighted by Gasteiger charge is 2.30. The Hall–Kier alpha value is -0.740. The molecular weight excluding hydrogens is 210 g/mol. The molecule has 84 valence electrons. The van der Waals surface area contributed by atoms with E-state index in [1.165, 1.54) is 5.57 Å². The van der Waals surface area contributed by atoms with E-state index in [0.717, 1.165) is 12.2 Å². The first-order valence-electron chi connectivity index (χ1n) is 4.96. The van der Waals surface area contributed by atoms with Gasteiger partial charge in [0.1, 0.15) is 5.54 Å². The molecule has 3 N–H and O–H groups in total. The van der Waals surface area contributed by atoms with Crippen molar-refractivity contribution in [3.63, 3.8) is 0 Å². The summed E-state index contributed by atoms with van der Waals surface area (Å²) in [5.41, 5.74) is 5.73. The summed E-state index contributed by atoms with van der Waals surface area (Å²) in [6, 6.07) is 0. The first-order valence-corrected chi connectivity index (χ1v) is 5.59. The summed E-state index contributed by atoms with van der Waals surface area (Å²) in [5.74, 6) is 0.00166. The van der Waals surface area contributed by atoms with E-state index in [9.17, 15) is 4.79 Å². The van der Waals surface area contributed by atoms with E-state index in [4.69, 9.17) is 10.8 Å². The smallest absolute Gasteiger partial charge is 0.323 e. The molecule has 0 aliphatic heterocycles. The van der Waals surface area contributed by atoms with Crippen LogP contribution in [0.4, 0.5) is 0 Å². The monoisotopic (exact) mass is 227 g/mol. The SMILES string of the molecule is CC(N)(CC1C=CC(CS)=CC1)C(=O)O. The van der Waals surface area contributed by atoms with Crippen molar-refractivity contribution in [2.24, 2.45) is 11.7 Å². The number of aliphatic carboxylic acids is 1. The quantitative estimate of drug-likeness (QED) is 0.639. The Kier molecular flexibility index (Phi) is 3.99. The van der Waals surface area contributed by atoms with Crippen molar-refractivity contribution >= 4 is 18.6 Å². The van der Waals surface area contributed by atoms with Gasteiger partial charge >= 0.3 is 5.97 Å². The van der Waals surface area contributed by atoms with Gasteiger partial charge in [-0.1, -0.05) is 18.2 Å². The Labute approximate surface area is 95.5 Å². The molecule has 1 rings (SSSR count). The molecule has 15 heavy (non-hydrogen) atoms. The number of hydrogen-bond donors (Lipinski definition) is 3. The van der Waals surface area contributed by atoms with Gasteiger partial charge in [-0.2, -0.15) is 12.6 Å². The number of allylic oxidation sites excluding steroid dienone is 3. The highest BCUT2D eigenvalue weighted by molar-refractivity contribution is 7.80. The number of hydrogen-bond acceptors (Lipinski definition) is 3. The van der Waals surface area contributed by atoms with E-state index in [2.05, 4.69) is 18.7 Å². The summed E-state index contributed by atoms with van der Waals surface area (Å²) < 4.78 is 0. The molecule has 0 amide bonds. The van der Waals surface area contributed by atoms with Crippen molar-refractivity contribution in [3.8, 4) is 0 Å². The number of carboxylic acid groups (broad SMARTS) is 1. The van der Waals surface area contributed by atoms with E-state index in [0.29, 0.717) is 6.42 Å². The topological polar surface area (TPSA) is 63.3 Å². The Bertz CT molecular complexity index is 308. The molecule has 0 fully saturated rings. The van der Waals surface area contributed by atoms with Gasteiger partial charge in [-0.05, 0) is 31.3 Å². The molecule has 0 aromatic heterocycles. The second-order valence-electron chi connectivity index (χ2n) is 4.22. The van der Waals surface area contributed by atoms with Crippen molar-refractivity contribution in [3.05, 3.63) is 23.8 Å². The van der Waals surface area contributed by atoms with E-state index in [1.54, 1.807) is 6.92 Å². The van der Waals surface area contributed by atoms with Crippen LogP contribution in [0.5, 0.6) is 0 Å². The van der Waals surface area contributed by atoms with E-state index in [1.807, 2.05) is 12.2 Å². The summed E-state index contributed by atoms with van der Waals surface area (Å²) in [6.45, 7) is 1.56. The zero-order chi connectivity index (χ0) is 11.5. The number of nitrogens with two attached hydrogens (primary N) is 1. The third-order valence-corrected chi connectivity index (χ3v) is 2.99. The summed E-state index contributed by atoms with van der Waals surface area (Å²) >= 11 is 4.17. The van der Waals surface area contributed by atoms with Gasteiger partial charge in [0.05, 0.1) is 0 Å². The molecule has 2 unspecified atom stereocenters. The summed E-state index contributed by atoms with van der Waals surface area (Å²) in [5, 5.41) is 8.89. The minimum atomic E-state index is -1.14. The lowest BCUT2D eigenvalue weighted by Crippen LogP contribution is -2.46. The van der Waals surface area contributed by atoms with Crippen LogP contribution in [0.25, 0.3) is 0 Å². The third kappa shape index (κ3) is 3.39. The van der Waals surface area contributed by atoms with Gasteiger partial charge in [0.2, 0.25) is 0 Å². The molecule has 0 saturated carbocycles. The third-order valence-electron chi connectivity index (χ3n) is 2.62. The van der Waals surface area contributed by atoms with Gasteiger partial charge in [0.15, 0.2) is 0 Å². The van der Waals surface area contributed by atoms with Gasteiger partial charge in [-0.15, -0.1) is 0 Å². The van der Waals surface area contributed by atoms with E-state index in [-0.39, 0.29) is 5.92 Å². The molecular formula is C11H17NO2S. The first kappa shape index (κ1) is 12.3. The predicted octanol–water partition coefficient (Wildman–Crippen LogP) is 1.61. The highest BCUT2D eigenvalue weighted by Crippen LogP contribution is 2.24. The molecule has 0 radical (unpaired) electrons. The normalized spacial score (nSPS) is 24.5. The number of rotatable bonds is 4. The van der Waals surface area contributed by atoms with Crippen LogP contribution in [0, 0.1) is 5.92 Å². The van der Waals surface area contributed by atoms with Gasteiger partial charge in [-0.25, -0.2) is 0 Å². The molecule has 1 aliphatic carbocycles. The zero-order valence-corrected chi connectivity index (χ0v) is 9.71. The molecule has 0 heterocycles. The molecule has 2 atom stereocenters. The van der Waals surface area contributed by atoms with Crippen LogP contribution in [0.3, 0.4) is 0 Å². The molecule has 0 saturated heterocycles. The maximum absolute atomic E-state index is 10.8.